The Kier molecular flexibility index (Phi) is 3.11. The van der Waals surface area contributed by atoms with Gasteiger partial charge in [0.05, 0.1) is 11.0 Å². The van der Waals surface area contributed by atoms with Gasteiger partial charge in [-0.05, 0) is 42.3 Å². The van der Waals surface area contributed by atoms with Crippen LogP contribution in [0, 0.1) is 12.0 Å². The monoisotopic (exact) mass is 301 g/mol. The van der Waals surface area contributed by atoms with Crippen LogP contribution in [0.15, 0.2) is 72.8 Å². The summed E-state index contributed by atoms with van der Waals surface area (Å²) >= 11 is 5.91. The number of benzene rings is 3. The van der Waals surface area contributed by atoms with Crippen molar-refractivity contribution in [3.63, 3.8) is 0 Å². The molecule has 1 heterocycles. The lowest BCUT2D eigenvalue weighted by Crippen LogP contribution is -1.87. The van der Waals surface area contributed by atoms with Gasteiger partial charge in [0.2, 0.25) is 0 Å². The van der Waals surface area contributed by atoms with Crippen molar-refractivity contribution in [3.05, 3.63) is 83.4 Å². The molecular weight excluding hydrogens is 290 g/mol. The summed E-state index contributed by atoms with van der Waals surface area (Å²) in [7, 11) is 0. The van der Waals surface area contributed by atoms with Crippen LogP contribution in [0.4, 0.5) is 0 Å². The lowest BCUT2D eigenvalue weighted by atomic mass is 10.2. The van der Waals surface area contributed by atoms with Gasteiger partial charge in [0.25, 0.3) is 0 Å². The van der Waals surface area contributed by atoms with Crippen LogP contribution in [-0.4, -0.2) is 4.57 Å². The number of hydrogen-bond acceptors (Lipinski definition) is 0. The summed E-state index contributed by atoms with van der Waals surface area (Å²) in [6.07, 6.45) is 0. The maximum absolute atomic E-state index is 5.91. The van der Waals surface area contributed by atoms with Crippen molar-refractivity contribution in [2.45, 2.75) is 0 Å². The molecule has 3 aromatic carbocycles. The van der Waals surface area contributed by atoms with Crippen LogP contribution >= 0.6 is 11.6 Å². The zero-order valence-corrected chi connectivity index (χ0v) is 12.5. The van der Waals surface area contributed by atoms with E-state index >= 15 is 0 Å². The molecule has 0 fully saturated rings. The molecule has 0 unspecified atom stereocenters. The van der Waals surface area contributed by atoms with Crippen molar-refractivity contribution in [2.24, 2.45) is 0 Å². The Bertz CT molecular complexity index is 977. The highest BCUT2D eigenvalue weighted by Gasteiger charge is 2.07. The van der Waals surface area contributed by atoms with Crippen molar-refractivity contribution < 1.29 is 0 Å². The predicted molar refractivity (Wildman–Crippen MR) is 93.2 cm³/mol. The van der Waals surface area contributed by atoms with Crippen LogP contribution in [-0.2, 0) is 0 Å². The Balaban J connectivity index is 1.96. The summed E-state index contributed by atoms with van der Waals surface area (Å²) < 4.78 is 2.05. The van der Waals surface area contributed by atoms with Crippen LogP contribution < -0.4 is 0 Å². The molecule has 0 amide bonds. The first-order valence-electron chi connectivity index (χ1n) is 7.09. The third-order valence-corrected chi connectivity index (χ3v) is 3.99. The molecule has 0 atom stereocenters. The summed E-state index contributed by atoms with van der Waals surface area (Å²) in [5, 5.41) is 3.18. The topological polar surface area (TPSA) is 4.93 Å². The molecule has 4 rings (SSSR count). The molecule has 0 saturated carbocycles. The number of halogens is 1. The molecule has 1 aromatic heterocycles. The highest BCUT2D eigenvalue weighted by atomic mass is 35.5. The third-order valence-electron chi connectivity index (χ3n) is 3.74. The van der Waals surface area contributed by atoms with Crippen LogP contribution in [0.25, 0.3) is 21.8 Å². The molecule has 1 nitrogen and oxygen atoms in total. The van der Waals surface area contributed by atoms with E-state index in [1.54, 1.807) is 0 Å². The van der Waals surface area contributed by atoms with E-state index in [0.717, 1.165) is 21.6 Å². The molecule has 0 aliphatic rings. The second kappa shape index (κ2) is 5.26. The second-order valence-electron chi connectivity index (χ2n) is 5.11. The van der Waals surface area contributed by atoms with Crippen molar-refractivity contribution in [2.75, 3.05) is 0 Å². The van der Waals surface area contributed by atoms with Gasteiger partial charge in [-0.2, -0.15) is 0 Å². The van der Waals surface area contributed by atoms with E-state index in [0.29, 0.717) is 0 Å². The molecule has 0 aliphatic heterocycles. The minimum atomic E-state index is 0.724. The highest BCUT2D eigenvalue weighted by molar-refractivity contribution is 6.30. The number of para-hydroxylation sites is 2. The second-order valence-corrected chi connectivity index (χ2v) is 5.55. The Labute approximate surface area is 133 Å². The molecular formula is C20H12ClN. The lowest BCUT2D eigenvalue weighted by molar-refractivity contribution is 1.26. The minimum Gasteiger partial charge on any atom is -0.268 e. The molecule has 0 saturated heterocycles. The number of nitrogens with zero attached hydrogens (tertiary/aromatic N) is 1. The van der Waals surface area contributed by atoms with Crippen molar-refractivity contribution in [1.82, 2.24) is 4.57 Å². The summed E-state index contributed by atoms with van der Waals surface area (Å²) in [4.78, 5) is 0. The largest absolute Gasteiger partial charge is 0.268 e. The zero-order chi connectivity index (χ0) is 14.9. The maximum Gasteiger partial charge on any atom is 0.0625 e. The SMILES string of the molecule is Clc1ccc(C#Cn2c3ccccc3c3ccccc32)cc1. The highest BCUT2D eigenvalue weighted by Crippen LogP contribution is 2.27. The van der Waals surface area contributed by atoms with Gasteiger partial charge >= 0.3 is 0 Å². The molecule has 0 aliphatic carbocycles. The molecule has 0 bridgehead atoms. The van der Waals surface area contributed by atoms with Gasteiger partial charge < -0.3 is 0 Å². The van der Waals surface area contributed by atoms with Gasteiger partial charge in [-0.3, -0.25) is 4.57 Å². The summed E-state index contributed by atoms with van der Waals surface area (Å²) in [5.41, 5.74) is 3.21. The standard InChI is InChI=1S/C20H12ClN/c21-16-11-9-15(10-12-16)13-14-22-19-7-3-1-5-17(19)18-6-2-4-8-20(18)22/h1-12H. The molecule has 104 valence electrons. The lowest BCUT2D eigenvalue weighted by Gasteiger charge is -1.96. The van der Waals surface area contributed by atoms with Crippen molar-refractivity contribution in [3.8, 4) is 12.0 Å². The molecule has 0 radical (unpaired) electrons. The quantitative estimate of drug-likeness (QED) is 0.388. The first-order valence-corrected chi connectivity index (χ1v) is 7.46. The van der Waals surface area contributed by atoms with Gasteiger partial charge in [-0.25, -0.2) is 0 Å². The molecule has 0 N–H and O–H groups in total. The Hall–Kier alpha value is -2.69. The van der Waals surface area contributed by atoms with E-state index < -0.39 is 0 Å². The number of fused-ring (bicyclic) bond motifs is 3. The van der Waals surface area contributed by atoms with Gasteiger partial charge in [0.15, 0.2) is 0 Å². The Morgan fingerprint density at radius 1 is 0.682 bits per heavy atom. The molecule has 2 heteroatoms. The van der Waals surface area contributed by atoms with Crippen LogP contribution in [0.1, 0.15) is 5.56 Å². The maximum atomic E-state index is 5.91. The molecule has 0 spiro atoms. The van der Waals surface area contributed by atoms with Crippen LogP contribution in [0.5, 0.6) is 0 Å². The smallest absolute Gasteiger partial charge is 0.0625 e. The molecule has 4 aromatic rings. The summed E-state index contributed by atoms with van der Waals surface area (Å²) in [5.74, 6) is 3.21. The van der Waals surface area contributed by atoms with E-state index in [9.17, 15) is 0 Å². The first-order chi connectivity index (χ1) is 10.8. The van der Waals surface area contributed by atoms with Crippen LogP contribution in [0.2, 0.25) is 5.02 Å². The zero-order valence-electron chi connectivity index (χ0n) is 11.8. The van der Waals surface area contributed by atoms with Gasteiger partial charge in [0.1, 0.15) is 0 Å². The van der Waals surface area contributed by atoms with E-state index in [1.807, 2.05) is 36.4 Å². The summed E-state index contributed by atoms with van der Waals surface area (Å²) in [6, 6.07) is 27.5. The van der Waals surface area contributed by atoms with E-state index in [4.69, 9.17) is 11.6 Å². The Morgan fingerprint density at radius 2 is 1.23 bits per heavy atom. The van der Waals surface area contributed by atoms with Gasteiger partial charge in [-0.15, -0.1) is 0 Å². The first kappa shape index (κ1) is 13.0. The van der Waals surface area contributed by atoms with Crippen molar-refractivity contribution >= 4 is 33.4 Å². The van der Waals surface area contributed by atoms with E-state index in [2.05, 4.69) is 52.9 Å². The fourth-order valence-electron chi connectivity index (χ4n) is 2.70. The van der Waals surface area contributed by atoms with E-state index in [-0.39, 0.29) is 0 Å². The normalized spacial score (nSPS) is 10.6. The number of aromatic nitrogens is 1. The van der Waals surface area contributed by atoms with Gasteiger partial charge in [-0.1, -0.05) is 48.0 Å². The average Bonchev–Trinajstić information content (AvgIpc) is 2.89. The Morgan fingerprint density at radius 3 is 1.82 bits per heavy atom. The fraction of sp³-hybridized carbons (Fsp3) is 0. The van der Waals surface area contributed by atoms with Gasteiger partial charge in [0, 0.05) is 27.4 Å². The molecule has 22 heavy (non-hydrogen) atoms. The van der Waals surface area contributed by atoms with Crippen LogP contribution in [0.3, 0.4) is 0 Å². The average molecular weight is 302 g/mol. The third kappa shape index (κ3) is 2.15. The minimum absolute atomic E-state index is 0.724. The fourth-order valence-corrected chi connectivity index (χ4v) is 2.82. The van der Waals surface area contributed by atoms with Crippen molar-refractivity contribution in [1.29, 1.82) is 0 Å². The number of hydrogen-bond donors (Lipinski definition) is 0. The van der Waals surface area contributed by atoms with E-state index in [1.165, 1.54) is 10.8 Å². The summed E-state index contributed by atoms with van der Waals surface area (Å²) in [6.45, 7) is 0. The predicted octanol–water partition coefficient (Wildman–Crippen LogP) is 5.31. The number of rotatable bonds is 0.